The van der Waals surface area contributed by atoms with Crippen LogP contribution in [0.15, 0.2) is 84.9 Å². The summed E-state index contributed by atoms with van der Waals surface area (Å²) < 4.78 is 0. The van der Waals surface area contributed by atoms with Crippen molar-refractivity contribution in [2.75, 3.05) is 0 Å². The van der Waals surface area contributed by atoms with Crippen LogP contribution in [0, 0.1) is 20.2 Å². The SMILES string of the molecule is O=C1NCc2ccccc2CNC(=O)c2cc(cc([N+](=O)[O-])c2)C(=O)NCc2ccccc2CNC(=O)c2cc1cc([N+](=O)[O-])c2. The molecule has 5 rings (SSSR count). The molecular weight excluding hydrogens is 596 g/mol. The van der Waals surface area contributed by atoms with Gasteiger partial charge in [0, 0.05) is 72.7 Å². The van der Waals surface area contributed by atoms with Crippen LogP contribution < -0.4 is 21.3 Å². The summed E-state index contributed by atoms with van der Waals surface area (Å²) in [5, 5.41) is 34.0. The van der Waals surface area contributed by atoms with E-state index in [9.17, 15) is 39.4 Å². The molecule has 0 saturated heterocycles. The molecule has 0 radical (unpaired) electrons. The summed E-state index contributed by atoms with van der Waals surface area (Å²) in [6.45, 7) is -0.0833. The Morgan fingerprint density at radius 3 is 0.891 bits per heavy atom. The van der Waals surface area contributed by atoms with Gasteiger partial charge in [0.1, 0.15) is 0 Å². The predicted octanol–water partition coefficient (Wildman–Crippen LogP) is 3.54. The van der Waals surface area contributed by atoms with E-state index in [1.165, 1.54) is 12.1 Å². The largest absolute Gasteiger partial charge is 0.348 e. The zero-order chi connectivity index (χ0) is 32.8. The lowest BCUT2D eigenvalue weighted by Gasteiger charge is -2.14. The first-order valence-corrected chi connectivity index (χ1v) is 13.9. The number of non-ortho nitro benzene ring substituents is 2. The maximum absolute atomic E-state index is 13.1. The van der Waals surface area contributed by atoms with Crippen molar-refractivity contribution in [3.05, 3.63) is 150 Å². The van der Waals surface area contributed by atoms with Crippen molar-refractivity contribution in [2.45, 2.75) is 26.2 Å². The number of carbonyl (C=O) groups is 4. The molecule has 0 fully saturated rings. The van der Waals surface area contributed by atoms with Gasteiger partial charge in [0.25, 0.3) is 35.0 Å². The topological polar surface area (TPSA) is 203 Å². The lowest BCUT2D eigenvalue weighted by atomic mass is 10.0. The van der Waals surface area contributed by atoms with E-state index in [1.54, 1.807) is 48.5 Å². The summed E-state index contributed by atoms with van der Waals surface area (Å²) in [5.41, 5.74) is 1.16. The van der Waals surface area contributed by atoms with Crippen LogP contribution in [0.1, 0.15) is 63.7 Å². The van der Waals surface area contributed by atoms with Gasteiger partial charge in [0.2, 0.25) is 0 Å². The van der Waals surface area contributed by atoms with E-state index in [0.717, 1.165) is 24.3 Å². The number of fused-ring (bicyclic) bond motifs is 6. The fourth-order valence-corrected chi connectivity index (χ4v) is 4.87. The van der Waals surface area contributed by atoms with E-state index in [1.807, 2.05) is 0 Å². The summed E-state index contributed by atoms with van der Waals surface area (Å²) in [6, 6.07) is 20.5. The fraction of sp³-hybridized carbons (Fsp3) is 0.125. The molecule has 0 aliphatic carbocycles. The van der Waals surface area contributed by atoms with Gasteiger partial charge in [-0.1, -0.05) is 48.5 Å². The maximum Gasteiger partial charge on any atom is 0.271 e. The summed E-state index contributed by atoms with van der Waals surface area (Å²) in [5.74, 6) is -2.65. The van der Waals surface area contributed by atoms with Gasteiger partial charge >= 0.3 is 0 Å². The quantitative estimate of drug-likeness (QED) is 0.192. The van der Waals surface area contributed by atoms with E-state index in [4.69, 9.17) is 0 Å². The Bertz CT molecular complexity index is 1660. The van der Waals surface area contributed by atoms with Crippen LogP contribution in [0.25, 0.3) is 0 Å². The highest BCUT2D eigenvalue weighted by Gasteiger charge is 2.21. The van der Waals surface area contributed by atoms with Crippen molar-refractivity contribution < 1.29 is 29.0 Å². The average Bonchev–Trinajstić information content (AvgIpc) is 3.07. The van der Waals surface area contributed by atoms with Gasteiger partial charge in [0.15, 0.2) is 0 Å². The molecule has 4 bridgehead atoms. The summed E-state index contributed by atoms with van der Waals surface area (Å²) in [6.07, 6.45) is 0. The molecule has 0 saturated carbocycles. The van der Waals surface area contributed by atoms with Crippen molar-refractivity contribution in [1.82, 2.24) is 21.3 Å². The Morgan fingerprint density at radius 1 is 0.435 bits per heavy atom. The first-order chi connectivity index (χ1) is 22.1. The van der Waals surface area contributed by atoms with Gasteiger partial charge in [-0.25, -0.2) is 0 Å². The van der Waals surface area contributed by atoms with E-state index in [0.29, 0.717) is 22.3 Å². The standard InChI is InChI=1S/C32H26N6O8/c39-29-23-9-25(13-27(11-23)37(43)44)31(41)35-17-21-7-3-4-8-22(21)18-36-32(42)26-10-24(12-28(14-26)38(45)46)30(40)34-16-20-6-2-1-5-19(20)15-33-29/h1-14H,15-18H2,(H,33,39)(H,34,40)(H,35,41)(H,36,42). The van der Waals surface area contributed by atoms with Crippen LogP contribution >= 0.6 is 0 Å². The summed E-state index contributed by atoms with van der Waals surface area (Å²) >= 11 is 0. The molecule has 0 atom stereocenters. The second-order valence-corrected chi connectivity index (χ2v) is 10.3. The number of amides is 4. The molecule has 4 N–H and O–H groups in total. The van der Waals surface area contributed by atoms with Crippen molar-refractivity contribution >= 4 is 35.0 Å². The molecule has 4 amide bonds. The molecule has 1 aliphatic rings. The van der Waals surface area contributed by atoms with Crippen molar-refractivity contribution in [3.8, 4) is 0 Å². The Labute approximate surface area is 261 Å². The van der Waals surface area contributed by atoms with Gasteiger partial charge in [-0.3, -0.25) is 39.4 Å². The van der Waals surface area contributed by atoms with Gasteiger partial charge in [-0.05, 0) is 34.4 Å². The molecule has 4 aromatic rings. The number of carbonyl (C=O) groups excluding carboxylic acids is 4. The van der Waals surface area contributed by atoms with Crippen molar-refractivity contribution in [1.29, 1.82) is 0 Å². The normalized spacial score (nSPS) is 14.1. The molecule has 14 heteroatoms. The Kier molecular flexibility index (Phi) is 9.07. The molecule has 1 heterocycles. The number of nitro groups is 2. The lowest BCUT2D eigenvalue weighted by molar-refractivity contribution is -0.385. The second-order valence-electron chi connectivity index (χ2n) is 10.3. The number of nitrogens with zero attached hydrogens (tertiary/aromatic N) is 2. The Hall–Kier alpha value is -6.44. The minimum Gasteiger partial charge on any atom is -0.348 e. The molecule has 4 aromatic carbocycles. The Morgan fingerprint density at radius 2 is 0.674 bits per heavy atom. The molecule has 0 spiro atoms. The number of nitrogens with one attached hydrogen (secondary N) is 4. The third kappa shape index (κ3) is 7.19. The predicted molar refractivity (Wildman–Crippen MR) is 164 cm³/mol. The molecule has 0 aromatic heterocycles. The zero-order valence-corrected chi connectivity index (χ0v) is 24.1. The number of benzene rings is 4. The summed E-state index contributed by atoms with van der Waals surface area (Å²) in [7, 11) is 0. The van der Waals surface area contributed by atoms with Gasteiger partial charge < -0.3 is 21.3 Å². The van der Waals surface area contributed by atoms with Crippen LogP contribution in [0.4, 0.5) is 11.4 Å². The molecule has 0 unspecified atom stereocenters. The highest BCUT2D eigenvalue weighted by molar-refractivity contribution is 6.01. The molecule has 1 aliphatic heterocycles. The zero-order valence-electron chi connectivity index (χ0n) is 24.1. The first-order valence-electron chi connectivity index (χ1n) is 13.9. The number of hydrogen-bond donors (Lipinski definition) is 4. The van der Waals surface area contributed by atoms with Crippen molar-refractivity contribution in [3.63, 3.8) is 0 Å². The molecule has 14 nitrogen and oxygen atoms in total. The number of nitro benzene ring substituents is 2. The Balaban J connectivity index is 1.52. The highest BCUT2D eigenvalue weighted by Crippen LogP contribution is 2.21. The monoisotopic (exact) mass is 622 g/mol. The van der Waals surface area contributed by atoms with Crippen LogP contribution in [0.5, 0.6) is 0 Å². The van der Waals surface area contributed by atoms with E-state index in [-0.39, 0.29) is 48.4 Å². The van der Waals surface area contributed by atoms with E-state index >= 15 is 0 Å². The lowest BCUT2D eigenvalue weighted by Crippen LogP contribution is -2.28. The second kappa shape index (κ2) is 13.5. The molecule has 232 valence electrons. The van der Waals surface area contributed by atoms with Crippen LogP contribution in [0.3, 0.4) is 0 Å². The third-order valence-corrected chi connectivity index (χ3v) is 7.30. The van der Waals surface area contributed by atoms with Gasteiger partial charge in [-0.2, -0.15) is 0 Å². The van der Waals surface area contributed by atoms with Crippen LogP contribution in [-0.2, 0) is 26.2 Å². The molecule has 46 heavy (non-hydrogen) atoms. The van der Waals surface area contributed by atoms with Crippen LogP contribution in [0.2, 0.25) is 0 Å². The number of rotatable bonds is 2. The number of hydrogen-bond acceptors (Lipinski definition) is 8. The smallest absolute Gasteiger partial charge is 0.271 e. The maximum atomic E-state index is 13.1. The first kappa shape index (κ1) is 31.0. The average molecular weight is 623 g/mol. The minimum absolute atomic E-state index is 0.0208. The fourth-order valence-electron chi connectivity index (χ4n) is 4.87. The van der Waals surface area contributed by atoms with Gasteiger partial charge in [-0.15, -0.1) is 0 Å². The highest BCUT2D eigenvalue weighted by atomic mass is 16.6. The van der Waals surface area contributed by atoms with E-state index < -0.39 is 44.9 Å². The molecular formula is C32H26N6O8. The van der Waals surface area contributed by atoms with E-state index in [2.05, 4.69) is 21.3 Å². The van der Waals surface area contributed by atoms with Gasteiger partial charge in [0.05, 0.1) is 9.85 Å². The third-order valence-electron chi connectivity index (χ3n) is 7.30. The summed E-state index contributed by atoms with van der Waals surface area (Å²) in [4.78, 5) is 74.4. The van der Waals surface area contributed by atoms with Crippen LogP contribution in [-0.4, -0.2) is 33.5 Å². The minimum atomic E-state index is -0.697. The van der Waals surface area contributed by atoms with Crippen molar-refractivity contribution in [2.24, 2.45) is 0 Å².